The first-order chi connectivity index (χ1) is 19.8. The lowest BCUT2D eigenvalue weighted by Gasteiger charge is -2.62. The Bertz CT molecular complexity index is 1310. The van der Waals surface area contributed by atoms with Gasteiger partial charge in [-0.1, -0.05) is 0 Å². The van der Waals surface area contributed by atoms with Crippen LogP contribution in [0, 0.1) is 29.1 Å². The van der Waals surface area contributed by atoms with Crippen LogP contribution in [0.5, 0.6) is 0 Å². The van der Waals surface area contributed by atoms with E-state index < -0.39 is 80.8 Å². The average Bonchev–Trinajstić information content (AvgIpc) is 2.84. The molecule has 13 nitrogen and oxygen atoms in total. The fourth-order valence-corrected chi connectivity index (χ4v) is 10.1. The molecule has 0 saturated heterocycles. The van der Waals surface area contributed by atoms with Gasteiger partial charge in [0, 0.05) is 19.3 Å². The highest BCUT2D eigenvalue weighted by molar-refractivity contribution is 7.87. The van der Waals surface area contributed by atoms with Crippen molar-refractivity contribution in [2.24, 2.45) is 29.1 Å². The molecule has 8 aliphatic rings. The minimum Gasteiger partial charge on any atom is -0.459 e. The third-order valence-electron chi connectivity index (χ3n) is 10.4. The molecule has 0 spiro atoms. The predicted octanol–water partition coefficient (Wildman–Crippen LogP) is 1.03. The summed E-state index contributed by atoms with van der Waals surface area (Å²) in [6, 6.07) is 0. The zero-order chi connectivity index (χ0) is 31.2. The van der Waals surface area contributed by atoms with E-state index >= 15 is 0 Å². The van der Waals surface area contributed by atoms with E-state index in [1.54, 1.807) is 0 Å². The molecule has 0 aromatic carbocycles. The Balaban J connectivity index is 1.02. The number of rotatable bonds is 9. The highest BCUT2D eigenvalue weighted by Gasteiger charge is 2.65. The van der Waals surface area contributed by atoms with Crippen molar-refractivity contribution in [1.29, 1.82) is 0 Å². The number of halogens is 2. The lowest BCUT2D eigenvalue weighted by molar-refractivity contribution is -0.262. The summed E-state index contributed by atoms with van der Waals surface area (Å²) >= 11 is 0. The molecule has 43 heavy (non-hydrogen) atoms. The molecule has 8 rings (SSSR count). The van der Waals surface area contributed by atoms with Crippen molar-refractivity contribution in [2.75, 3.05) is 13.2 Å². The highest BCUT2D eigenvalue weighted by atomic mass is 32.2. The third-order valence-corrected chi connectivity index (χ3v) is 11.2. The van der Waals surface area contributed by atoms with Crippen LogP contribution in [0.15, 0.2) is 0 Å². The predicted molar refractivity (Wildman–Crippen MR) is 134 cm³/mol. The lowest BCUT2D eigenvalue weighted by Crippen LogP contribution is -2.67. The lowest BCUT2D eigenvalue weighted by atomic mass is 9.48. The first-order valence-electron chi connectivity index (χ1n) is 14.4. The number of hydrogen-bond donors (Lipinski definition) is 3. The van der Waals surface area contributed by atoms with Crippen LogP contribution in [0.25, 0.3) is 0 Å². The van der Waals surface area contributed by atoms with E-state index in [2.05, 4.69) is 4.74 Å². The molecule has 0 heterocycles. The number of carbonyl (C=O) groups is 4. The van der Waals surface area contributed by atoms with Gasteiger partial charge in [0.1, 0.15) is 11.7 Å². The molecule has 8 bridgehead atoms. The van der Waals surface area contributed by atoms with E-state index in [0.717, 1.165) is 0 Å². The minimum absolute atomic E-state index is 0.0420. The SMILES string of the molecule is O=C(COC(=O)C(F)(F)S(=O)(=O)O)OC1C2CC3CC1CC(C(=O)OCC(=O)OC14CC5CC(O)(CC(O)(C5)C1)C4)(C3)C2. The molecule has 8 fully saturated rings. The van der Waals surface area contributed by atoms with Gasteiger partial charge in [0.05, 0.1) is 16.6 Å². The number of aliphatic hydroxyl groups is 2. The summed E-state index contributed by atoms with van der Waals surface area (Å²) in [4.78, 5) is 49.8. The molecule has 3 N–H and O–H groups in total. The number of alkyl halides is 2. The van der Waals surface area contributed by atoms with Crippen LogP contribution in [0.2, 0.25) is 0 Å². The average molecular weight is 637 g/mol. The maximum absolute atomic E-state index is 13.4. The number of ether oxygens (including phenoxy) is 4. The van der Waals surface area contributed by atoms with Crippen LogP contribution in [-0.2, 0) is 48.2 Å². The number of carbonyl (C=O) groups excluding carboxylic acids is 4. The summed E-state index contributed by atoms with van der Waals surface area (Å²) < 4.78 is 77.2. The van der Waals surface area contributed by atoms with E-state index in [1.165, 1.54) is 0 Å². The van der Waals surface area contributed by atoms with Crippen molar-refractivity contribution in [2.45, 2.75) is 98.8 Å². The van der Waals surface area contributed by atoms with Crippen molar-refractivity contribution in [1.82, 2.24) is 0 Å². The van der Waals surface area contributed by atoms with Crippen molar-refractivity contribution in [3.63, 3.8) is 0 Å². The molecule has 0 amide bonds. The van der Waals surface area contributed by atoms with Crippen molar-refractivity contribution in [3.05, 3.63) is 0 Å². The van der Waals surface area contributed by atoms with Gasteiger partial charge in [0.25, 0.3) is 0 Å². The monoisotopic (exact) mass is 636 g/mol. The zero-order valence-corrected chi connectivity index (χ0v) is 24.0. The van der Waals surface area contributed by atoms with Gasteiger partial charge < -0.3 is 29.2 Å². The summed E-state index contributed by atoms with van der Waals surface area (Å²) in [6.07, 6.45) is 4.04. The van der Waals surface area contributed by atoms with E-state index in [1.807, 2.05) is 0 Å². The molecule has 0 aromatic heterocycles. The second-order valence-electron chi connectivity index (χ2n) is 14.0. The van der Waals surface area contributed by atoms with Crippen LogP contribution in [0.3, 0.4) is 0 Å². The van der Waals surface area contributed by atoms with Crippen LogP contribution in [0.4, 0.5) is 8.78 Å². The van der Waals surface area contributed by atoms with Gasteiger partial charge in [-0.3, -0.25) is 9.35 Å². The van der Waals surface area contributed by atoms with E-state index in [0.29, 0.717) is 38.5 Å². The van der Waals surface area contributed by atoms with Gasteiger partial charge in [-0.2, -0.15) is 17.2 Å². The quantitative estimate of drug-likeness (QED) is 0.184. The molecule has 240 valence electrons. The maximum atomic E-state index is 13.4. The Morgan fingerprint density at radius 1 is 0.791 bits per heavy atom. The van der Waals surface area contributed by atoms with Crippen LogP contribution in [0.1, 0.15) is 70.6 Å². The van der Waals surface area contributed by atoms with Gasteiger partial charge in [-0.25, -0.2) is 14.4 Å². The van der Waals surface area contributed by atoms with Crippen molar-refractivity contribution < 1.29 is 70.1 Å². The Kier molecular flexibility index (Phi) is 6.96. The van der Waals surface area contributed by atoms with E-state index in [4.69, 9.17) is 18.8 Å². The molecule has 0 radical (unpaired) electrons. The standard InChI is InChI=1S/C27H34F2O13S/c28-27(29,43(36,37)38)22(33)40-9-18(30)41-20-16-1-14-2-17(20)8-23(3-14,7-16)21(32)39-10-19(31)42-26-6-15-4-24(34,12-26)11-25(35,5-15)13-26/h14-17,20,34-35H,1-13H2,(H,36,37,38). The van der Waals surface area contributed by atoms with Gasteiger partial charge in [0.15, 0.2) is 13.2 Å². The van der Waals surface area contributed by atoms with E-state index in [-0.39, 0.29) is 55.8 Å². The summed E-state index contributed by atoms with van der Waals surface area (Å²) in [5.41, 5.74) is -4.08. The van der Waals surface area contributed by atoms with Gasteiger partial charge >= 0.3 is 39.2 Å². The molecular formula is C27H34F2O13S. The first-order valence-corrected chi connectivity index (χ1v) is 15.8. The first kappa shape index (κ1) is 30.6. The summed E-state index contributed by atoms with van der Waals surface area (Å²) in [5, 5.41) is 16.6. The molecule has 16 heteroatoms. The maximum Gasteiger partial charge on any atom is 0.465 e. The molecule has 8 saturated carbocycles. The molecule has 0 aromatic rings. The Morgan fingerprint density at radius 3 is 1.93 bits per heavy atom. The largest absolute Gasteiger partial charge is 0.465 e. The minimum atomic E-state index is -6.09. The second-order valence-corrected chi connectivity index (χ2v) is 15.4. The fourth-order valence-electron chi connectivity index (χ4n) is 9.83. The van der Waals surface area contributed by atoms with Crippen LogP contribution >= 0.6 is 0 Å². The zero-order valence-electron chi connectivity index (χ0n) is 23.2. The Labute approximate surface area is 245 Å². The summed E-state index contributed by atoms with van der Waals surface area (Å²) in [7, 11) is -6.09. The van der Waals surface area contributed by atoms with Crippen molar-refractivity contribution in [3.8, 4) is 0 Å². The highest BCUT2D eigenvalue weighted by Crippen LogP contribution is 2.62. The molecular weight excluding hydrogens is 602 g/mol. The molecule has 4 atom stereocenters. The Hall–Kier alpha value is -2.43. The second kappa shape index (κ2) is 9.78. The molecule has 8 aliphatic carbocycles. The van der Waals surface area contributed by atoms with Crippen LogP contribution in [-0.4, -0.2) is 88.4 Å². The van der Waals surface area contributed by atoms with Gasteiger partial charge in [-0.05, 0) is 75.0 Å². The normalized spacial score (nSPS) is 42.4. The summed E-state index contributed by atoms with van der Waals surface area (Å²) in [5.74, 6) is -5.52. The topological polar surface area (TPSA) is 200 Å². The third kappa shape index (κ3) is 5.41. The smallest absolute Gasteiger partial charge is 0.459 e. The fraction of sp³-hybridized carbons (Fsp3) is 0.852. The van der Waals surface area contributed by atoms with Gasteiger partial charge in [0.2, 0.25) is 0 Å². The number of hydrogen-bond acceptors (Lipinski definition) is 12. The van der Waals surface area contributed by atoms with E-state index in [9.17, 15) is 46.6 Å². The molecule has 4 unspecified atom stereocenters. The Morgan fingerprint density at radius 2 is 1.37 bits per heavy atom. The van der Waals surface area contributed by atoms with Gasteiger partial charge in [-0.15, -0.1) is 0 Å². The van der Waals surface area contributed by atoms with Crippen LogP contribution < -0.4 is 0 Å². The number of esters is 4. The molecule has 0 aliphatic heterocycles. The van der Waals surface area contributed by atoms with Crippen molar-refractivity contribution >= 4 is 34.0 Å². The summed E-state index contributed by atoms with van der Waals surface area (Å²) in [6.45, 7) is -1.92.